The fraction of sp³-hybridized carbons (Fsp3) is 0.333. The van der Waals surface area contributed by atoms with E-state index >= 15 is 0 Å². The van der Waals surface area contributed by atoms with E-state index in [0.29, 0.717) is 35.7 Å². The van der Waals surface area contributed by atoms with Gasteiger partial charge in [0.15, 0.2) is 0 Å². The van der Waals surface area contributed by atoms with Gasteiger partial charge >= 0.3 is 5.97 Å². The molecule has 1 aliphatic heterocycles. The third kappa shape index (κ3) is 7.34. The standard InChI is InChI=1S/C30H34N4O5/c1-20(35)34-16-4-5-25(34)18-23-17-24(32-28-14-6-21(19-31-28)7-15-29(36)37)10-13-27(23)39-26-11-8-22(9-12-26)30(38)33(2)3/h6,8-14,17,19,25H,4-5,7,15-16,18H2,1-3H3,(H,31,32)(H,36,37). The number of nitrogens with one attached hydrogen (secondary N) is 1. The number of aryl methyl sites for hydroxylation is 1. The van der Waals surface area contributed by atoms with E-state index in [4.69, 9.17) is 9.84 Å². The molecule has 0 spiro atoms. The smallest absolute Gasteiger partial charge is 0.303 e. The van der Waals surface area contributed by atoms with Gasteiger partial charge in [0, 0.05) is 57.5 Å². The highest BCUT2D eigenvalue weighted by molar-refractivity contribution is 5.94. The van der Waals surface area contributed by atoms with Crippen molar-refractivity contribution in [2.75, 3.05) is 26.0 Å². The van der Waals surface area contributed by atoms with Crippen molar-refractivity contribution in [3.8, 4) is 11.5 Å². The Balaban J connectivity index is 1.55. The number of anilines is 2. The first-order valence-corrected chi connectivity index (χ1v) is 13.0. The summed E-state index contributed by atoms with van der Waals surface area (Å²) in [6.45, 7) is 2.36. The van der Waals surface area contributed by atoms with E-state index in [9.17, 15) is 14.4 Å². The molecule has 1 aliphatic rings. The predicted molar refractivity (Wildman–Crippen MR) is 149 cm³/mol. The van der Waals surface area contributed by atoms with E-state index in [0.717, 1.165) is 36.2 Å². The summed E-state index contributed by atoms with van der Waals surface area (Å²) in [6.07, 6.45) is 4.71. The van der Waals surface area contributed by atoms with Gasteiger partial charge in [-0.3, -0.25) is 14.4 Å². The van der Waals surface area contributed by atoms with Crippen LogP contribution < -0.4 is 10.1 Å². The van der Waals surface area contributed by atoms with Gasteiger partial charge in [-0.25, -0.2) is 4.98 Å². The first-order valence-electron chi connectivity index (χ1n) is 13.0. The highest BCUT2D eigenvalue weighted by atomic mass is 16.5. The number of benzene rings is 2. The number of hydrogen-bond donors (Lipinski definition) is 2. The van der Waals surface area contributed by atoms with E-state index in [1.807, 2.05) is 35.2 Å². The molecule has 9 heteroatoms. The van der Waals surface area contributed by atoms with Crippen molar-refractivity contribution in [1.82, 2.24) is 14.8 Å². The predicted octanol–water partition coefficient (Wildman–Crippen LogP) is 4.89. The van der Waals surface area contributed by atoms with E-state index < -0.39 is 5.97 Å². The number of aromatic nitrogens is 1. The van der Waals surface area contributed by atoms with Crippen molar-refractivity contribution >= 4 is 29.3 Å². The second-order valence-corrected chi connectivity index (χ2v) is 9.93. The zero-order chi connectivity index (χ0) is 27.9. The number of carbonyl (C=O) groups is 3. The number of amides is 2. The van der Waals surface area contributed by atoms with Crippen molar-refractivity contribution in [3.05, 3.63) is 77.5 Å². The number of ether oxygens (including phenoxy) is 1. The lowest BCUT2D eigenvalue weighted by molar-refractivity contribution is -0.137. The van der Waals surface area contributed by atoms with Crippen LogP contribution in [-0.4, -0.2) is 64.4 Å². The van der Waals surface area contributed by atoms with Crippen molar-refractivity contribution in [2.24, 2.45) is 0 Å². The molecule has 1 unspecified atom stereocenters. The van der Waals surface area contributed by atoms with Crippen LogP contribution in [0.4, 0.5) is 11.5 Å². The Morgan fingerprint density at radius 3 is 2.51 bits per heavy atom. The zero-order valence-corrected chi connectivity index (χ0v) is 22.5. The number of carboxylic acids is 1. The van der Waals surface area contributed by atoms with Gasteiger partial charge in [-0.05, 0) is 85.3 Å². The first kappa shape index (κ1) is 27.6. The van der Waals surface area contributed by atoms with Crippen LogP contribution in [0.15, 0.2) is 60.8 Å². The molecule has 1 atom stereocenters. The molecule has 2 aromatic carbocycles. The molecule has 1 fully saturated rings. The molecular formula is C30H34N4O5. The van der Waals surface area contributed by atoms with E-state index in [-0.39, 0.29) is 24.3 Å². The molecule has 1 aromatic heterocycles. The third-order valence-electron chi connectivity index (χ3n) is 6.76. The summed E-state index contributed by atoms with van der Waals surface area (Å²) in [7, 11) is 3.43. The summed E-state index contributed by atoms with van der Waals surface area (Å²) in [5.41, 5.74) is 3.21. The van der Waals surface area contributed by atoms with Crippen LogP contribution in [-0.2, 0) is 22.4 Å². The summed E-state index contributed by atoms with van der Waals surface area (Å²) in [4.78, 5) is 43.1. The van der Waals surface area contributed by atoms with Gasteiger partial charge in [0.25, 0.3) is 5.91 Å². The Labute approximate surface area is 228 Å². The molecule has 0 saturated carbocycles. The van der Waals surface area contributed by atoms with Gasteiger partial charge in [-0.1, -0.05) is 6.07 Å². The first-order chi connectivity index (χ1) is 18.7. The maximum atomic E-state index is 12.2. The number of carboxylic acid groups (broad SMARTS) is 1. The van der Waals surface area contributed by atoms with Crippen LogP contribution in [0.1, 0.15) is 47.7 Å². The molecule has 1 saturated heterocycles. The SMILES string of the molecule is CC(=O)N1CCCC1Cc1cc(Nc2ccc(CCC(=O)O)cn2)ccc1Oc1ccc(C(=O)N(C)C)cc1. The van der Waals surface area contributed by atoms with Crippen LogP contribution in [0.2, 0.25) is 0 Å². The van der Waals surface area contributed by atoms with Crippen molar-refractivity contribution in [1.29, 1.82) is 0 Å². The normalized spacial score (nSPS) is 14.6. The Kier molecular flexibility index (Phi) is 8.81. The van der Waals surface area contributed by atoms with Crippen LogP contribution >= 0.6 is 0 Å². The molecule has 0 aliphatic carbocycles. The Morgan fingerprint density at radius 2 is 1.87 bits per heavy atom. The molecule has 9 nitrogen and oxygen atoms in total. The second kappa shape index (κ2) is 12.4. The number of likely N-dealkylation sites (tertiary alicyclic amines) is 1. The number of aliphatic carboxylic acids is 1. The maximum Gasteiger partial charge on any atom is 0.303 e. The van der Waals surface area contributed by atoms with Crippen LogP contribution in [0.25, 0.3) is 0 Å². The zero-order valence-electron chi connectivity index (χ0n) is 22.5. The number of nitrogens with zero attached hydrogens (tertiary/aromatic N) is 3. The third-order valence-corrected chi connectivity index (χ3v) is 6.76. The quantitative estimate of drug-likeness (QED) is 0.384. The molecule has 39 heavy (non-hydrogen) atoms. The minimum atomic E-state index is -0.837. The summed E-state index contributed by atoms with van der Waals surface area (Å²) < 4.78 is 6.26. The molecule has 2 heterocycles. The largest absolute Gasteiger partial charge is 0.481 e. The minimum Gasteiger partial charge on any atom is -0.481 e. The van der Waals surface area contributed by atoms with Gasteiger partial charge in [-0.2, -0.15) is 0 Å². The topological polar surface area (TPSA) is 112 Å². The van der Waals surface area contributed by atoms with Gasteiger partial charge < -0.3 is 25.0 Å². The monoisotopic (exact) mass is 530 g/mol. The molecule has 0 bridgehead atoms. The van der Waals surface area contributed by atoms with Crippen LogP contribution in [0.3, 0.4) is 0 Å². The maximum absolute atomic E-state index is 12.2. The molecule has 3 aromatic rings. The second-order valence-electron chi connectivity index (χ2n) is 9.93. The van der Waals surface area contributed by atoms with Crippen molar-refractivity contribution in [2.45, 2.75) is 45.1 Å². The van der Waals surface area contributed by atoms with Gasteiger partial charge in [0.05, 0.1) is 0 Å². The van der Waals surface area contributed by atoms with Gasteiger partial charge in [0.1, 0.15) is 17.3 Å². The summed E-state index contributed by atoms with van der Waals surface area (Å²) in [6, 6.07) is 16.6. The molecule has 2 amide bonds. The molecule has 4 rings (SSSR count). The highest BCUT2D eigenvalue weighted by Gasteiger charge is 2.27. The Morgan fingerprint density at radius 1 is 1.10 bits per heavy atom. The number of hydrogen-bond acceptors (Lipinski definition) is 6. The Bertz CT molecular complexity index is 1320. The minimum absolute atomic E-state index is 0.0619. The van der Waals surface area contributed by atoms with E-state index in [1.54, 1.807) is 51.5 Å². The van der Waals surface area contributed by atoms with Crippen molar-refractivity contribution in [3.63, 3.8) is 0 Å². The molecule has 204 valence electrons. The van der Waals surface area contributed by atoms with E-state index in [1.165, 1.54) is 4.90 Å². The van der Waals surface area contributed by atoms with Gasteiger partial charge in [0.2, 0.25) is 5.91 Å². The van der Waals surface area contributed by atoms with Crippen LogP contribution in [0.5, 0.6) is 11.5 Å². The van der Waals surface area contributed by atoms with Crippen molar-refractivity contribution < 1.29 is 24.2 Å². The lowest BCUT2D eigenvalue weighted by atomic mass is 10.0. The number of carbonyl (C=O) groups excluding carboxylic acids is 2. The number of rotatable bonds is 10. The highest BCUT2D eigenvalue weighted by Crippen LogP contribution is 2.33. The molecule has 0 radical (unpaired) electrons. The fourth-order valence-corrected chi connectivity index (χ4v) is 4.73. The lowest BCUT2D eigenvalue weighted by Crippen LogP contribution is -2.35. The Hall–Kier alpha value is -4.40. The fourth-order valence-electron chi connectivity index (χ4n) is 4.73. The number of pyridine rings is 1. The summed E-state index contributed by atoms with van der Waals surface area (Å²) in [5.74, 6) is 1.09. The lowest BCUT2D eigenvalue weighted by Gasteiger charge is -2.24. The van der Waals surface area contributed by atoms with E-state index in [2.05, 4.69) is 10.3 Å². The molecular weight excluding hydrogens is 496 g/mol. The molecule has 2 N–H and O–H groups in total. The summed E-state index contributed by atoms with van der Waals surface area (Å²) >= 11 is 0. The van der Waals surface area contributed by atoms with Gasteiger partial charge in [-0.15, -0.1) is 0 Å². The summed E-state index contributed by atoms with van der Waals surface area (Å²) in [5, 5.41) is 12.2. The van der Waals surface area contributed by atoms with Crippen LogP contribution in [0, 0.1) is 0 Å². The average molecular weight is 531 g/mol. The average Bonchev–Trinajstić information content (AvgIpc) is 3.38.